The van der Waals surface area contributed by atoms with Crippen molar-refractivity contribution in [2.24, 2.45) is 0 Å². The Kier molecular flexibility index (Phi) is 5.42. The summed E-state index contributed by atoms with van der Waals surface area (Å²) in [5.41, 5.74) is 1.70. The zero-order valence-corrected chi connectivity index (χ0v) is 16.7. The van der Waals surface area contributed by atoms with Gasteiger partial charge in [-0.3, -0.25) is 4.79 Å². The zero-order valence-electron chi connectivity index (χ0n) is 15.0. The van der Waals surface area contributed by atoms with Gasteiger partial charge in [0.25, 0.3) is 16.1 Å². The van der Waals surface area contributed by atoms with E-state index in [0.29, 0.717) is 36.8 Å². The van der Waals surface area contributed by atoms with Crippen molar-refractivity contribution in [3.63, 3.8) is 0 Å². The van der Waals surface area contributed by atoms with Crippen LogP contribution in [0.2, 0.25) is 0 Å². The zero-order chi connectivity index (χ0) is 18.9. The first-order chi connectivity index (χ1) is 12.3. The standard InChI is InChI=1S/C17H22N4O3S2/c1-13-15(25-16(18-13)14-7-5-4-6-8-14)17(22)20-9-11-21(12-10-20)26(23,24)19(2)3/h4-8H,9-12H2,1-3H3. The summed E-state index contributed by atoms with van der Waals surface area (Å²) in [6.45, 7) is 3.20. The Labute approximate surface area is 158 Å². The summed E-state index contributed by atoms with van der Waals surface area (Å²) in [6.07, 6.45) is 0. The van der Waals surface area contributed by atoms with Crippen molar-refractivity contribution in [2.45, 2.75) is 6.92 Å². The molecule has 140 valence electrons. The lowest BCUT2D eigenvalue weighted by molar-refractivity contribution is 0.0699. The van der Waals surface area contributed by atoms with Crippen LogP contribution in [0.15, 0.2) is 30.3 Å². The molecule has 0 atom stereocenters. The predicted octanol–water partition coefficient (Wildman–Crippen LogP) is 1.68. The normalized spacial score (nSPS) is 16.2. The molecule has 1 aromatic carbocycles. The highest BCUT2D eigenvalue weighted by Gasteiger charge is 2.31. The quantitative estimate of drug-likeness (QED) is 0.791. The number of rotatable bonds is 4. The molecule has 1 aliphatic rings. The average Bonchev–Trinajstić information content (AvgIpc) is 3.03. The number of nitrogens with zero attached hydrogens (tertiary/aromatic N) is 4. The molecule has 1 saturated heterocycles. The van der Waals surface area contributed by atoms with E-state index in [9.17, 15) is 13.2 Å². The van der Waals surface area contributed by atoms with Crippen LogP contribution in [0.1, 0.15) is 15.4 Å². The summed E-state index contributed by atoms with van der Waals surface area (Å²) >= 11 is 1.38. The molecule has 9 heteroatoms. The number of aryl methyl sites for hydroxylation is 1. The maximum Gasteiger partial charge on any atom is 0.281 e. The molecule has 0 bridgehead atoms. The van der Waals surface area contributed by atoms with Gasteiger partial charge in [-0.2, -0.15) is 17.0 Å². The fourth-order valence-electron chi connectivity index (χ4n) is 2.80. The molecule has 1 fully saturated rings. The van der Waals surface area contributed by atoms with Gasteiger partial charge in [-0.1, -0.05) is 30.3 Å². The third-order valence-corrected chi connectivity index (χ3v) is 7.46. The van der Waals surface area contributed by atoms with E-state index in [0.717, 1.165) is 10.6 Å². The lowest BCUT2D eigenvalue weighted by Crippen LogP contribution is -2.53. The first kappa shape index (κ1) is 19.0. The number of carbonyl (C=O) groups excluding carboxylic acids is 1. The molecular formula is C17H22N4O3S2. The monoisotopic (exact) mass is 394 g/mol. The van der Waals surface area contributed by atoms with Crippen LogP contribution < -0.4 is 0 Å². The van der Waals surface area contributed by atoms with Gasteiger partial charge in [0, 0.05) is 45.8 Å². The van der Waals surface area contributed by atoms with Crippen molar-refractivity contribution in [3.05, 3.63) is 40.9 Å². The van der Waals surface area contributed by atoms with Gasteiger partial charge in [0.15, 0.2) is 0 Å². The van der Waals surface area contributed by atoms with E-state index in [1.165, 1.54) is 34.0 Å². The number of hydrogen-bond acceptors (Lipinski definition) is 5. The molecule has 0 unspecified atom stereocenters. The molecule has 7 nitrogen and oxygen atoms in total. The Morgan fingerprint density at radius 3 is 2.31 bits per heavy atom. The second-order valence-corrected chi connectivity index (χ2v) is 9.42. The first-order valence-corrected chi connectivity index (χ1v) is 10.5. The Hall–Kier alpha value is -1.81. The summed E-state index contributed by atoms with van der Waals surface area (Å²) in [5, 5.41) is 0.820. The van der Waals surface area contributed by atoms with Gasteiger partial charge in [-0.05, 0) is 6.92 Å². The molecule has 0 saturated carbocycles. The molecule has 3 rings (SSSR count). The summed E-state index contributed by atoms with van der Waals surface area (Å²) in [5.74, 6) is -0.0796. The Morgan fingerprint density at radius 1 is 1.12 bits per heavy atom. The molecule has 0 aliphatic carbocycles. The van der Waals surface area contributed by atoms with E-state index >= 15 is 0 Å². The summed E-state index contributed by atoms with van der Waals surface area (Å²) in [6, 6.07) is 9.77. The second kappa shape index (κ2) is 7.43. The molecular weight excluding hydrogens is 372 g/mol. The highest BCUT2D eigenvalue weighted by molar-refractivity contribution is 7.86. The van der Waals surface area contributed by atoms with Crippen LogP contribution in [0.25, 0.3) is 10.6 Å². The molecule has 0 radical (unpaired) electrons. The average molecular weight is 395 g/mol. The van der Waals surface area contributed by atoms with Gasteiger partial charge < -0.3 is 4.90 Å². The van der Waals surface area contributed by atoms with Crippen molar-refractivity contribution in [1.82, 2.24) is 18.5 Å². The fourth-order valence-corrected chi connectivity index (χ4v) is 4.92. The second-order valence-electron chi connectivity index (χ2n) is 6.28. The number of aromatic nitrogens is 1. The van der Waals surface area contributed by atoms with Crippen LogP contribution in [-0.2, 0) is 10.2 Å². The van der Waals surface area contributed by atoms with Crippen LogP contribution >= 0.6 is 11.3 Å². The van der Waals surface area contributed by atoms with Gasteiger partial charge in [0.05, 0.1) is 5.69 Å². The number of hydrogen-bond donors (Lipinski definition) is 0. The van der Waals surface area contributed by atoms with Crippen LogP contribution in [0.3, 0.4) is 0 Å². The SMILES string of the molecule is Cc1nc(-c2ccccc2)sc1C(=O)N1CCN(S(=O)(=O)N(C)C)CC1. The molecule has 0 spiro atoms. The van der Waals surface area contributed by atoms with Crippen LogP contribution in [0.4, 0.5) is 0 Å². The summed E-state index contributed by atoms with van der Waals surface area (Å²) in [7, 11) is -0.410. The molecule has 0 N–H and O–H groups in total. The minimum Gasteiger partial charge on any atom is -0.335 e. The predicted molar refractivity (Wildman–Crippen MR) is 102 cm³/mol. The van der Waals surface area contributed by atoms with Crippen molar-refractivity contribution in [2.75, 3.05) is 40.3 Å². The molecule has 1 amide bonds. The Balaban J connectivity index is 1.73. The van der Waals surface area contributed by atoms with Crippen LogP contribution in [-0.4, -0.2) is 73.1 Å². The molecule has 26 heavy (non-hydrogen) atoms. The molecule has 2 aromatic rings. The minimum absolute atomic E-state index is 0.0796. The number of benzene rings is 1. The van der Waals surface area contributed by atoms with Gasteiger partial charge in [0.1, 0.15) is 9.88 Å². The van der Waals surface area contributed by atoms with E-state index in [1.807, 2.05) is 37.3 Å². The van der Waals surface area contributed by atoms with Crippen molar-refractivity contribution >= 4 is 27.5 Å². The number of thiazole rings is 1. The fraction of sp³-hybridized carbons (Fsp3) is 0.412. The third-order valence-electron chi connectivity index (χ3n) is 4.33. The van der Waals surface area contributed by atoms with Crippen molar-refractivity contribution < 1.29 is 13.2 Å². The van der Waals surface area contributed by atoms with Gasteiger partial charge in [0.2, 0.25) is 0 Å². The van der Waals surface area contributed by atoms with Crippen molar-refractivity contribution in [3.8, 4) is 10.6 Å². The van der Waals surface area contributed by atoms with E-state index in [2.05, 4.69) is 4.98 Å². The molecule has 2 heterocycles. The maximum absolute atomic E-state index is 12.9. The summed E-state index contributed by atoms with van der Waals surface area (Å²) < 4.78 is 27.0. The van der Waals surface area contributed by atoms with E-state index in [4.69, 9.17) is 0 Å². The maximum atomic E-state index is 12.9. The van der Waals surface area contributed by atoms with Crippen molar-refractivity contribution in [1.29, 1.82) is 0 Å². The smallest absolute Gasteiger partial charge is 0.281 e. The third kappa shape index (κ3) is 3.66. The highest BCUT2D eigenvalue weighted by atomic mass is 32.2. The largest absolute Gasteiger partial charge is 0.335 e. The van der Waals surface area contributed by atoms with E-state index in [1.54, 1.807) is 4.90 Å². The molecule has 1 aliphatic heterocycles. The van der Waals surface area contributed by atoms with E-state index < -0.39 is 10.2 Å². The lowest BCUT2D eigenvalue weighted by atomic mass is 10.2. The Bertz CT molecular complexity index is 886. The van der Waals surface area contributed by atoms with E-state index in [-0.39, 0.29) is 5.91 Å². The molecule has 1 aromatic heterocycles. The van der Waals surface area contributed by atoms with Crippen LogP contribution in [0.5, 0.6) is 0 Å². The highest BCUT2D eigenvalue weighted by Crippen LogP contribution is 2.29. The van der Waals surface area contributed by atoms with Gasteiger partial charge >= 0.3 is 0 Å². The summed E-state index contributed by atoms with van der Waals surface area (Å²) in [4.78, 5) is 19.7. The lowest BCUT2D eigenvalue weighted by Gasteiger charge is -2.35. The van der Waals surface area contributed by atoms with Crippen LogP contribution in [0, 0.1) is 6.92 Å². The number of carbonyl (C=O) groups is 1. The number of piperazine rings is 1. The van der Waals surface area contributed by atoms with Gasteiger partial charge in [-0.15, -0.1) is 11.3 Å². The topological polar surface area (TPSA) is 73.8 Å². The van der Waals surface area contributed by atoms with Gasteiger partial charge in [-0.25, -0.2) is 4.98 Å². The number of amides is 1. The minimum atomic E-state index is -3.43. The Morgan fingerprint density at radius 2 is 1.73 bits per heavy atom. The first-order valence-electron chi connectivity index (χ1n) is 8.30.